The number of aryl methyl sites for hydroxylation is 1. The van der Waals surface area contributed by atoms with Gasteiger partial charge < -0.3 is 15.0 Å². The molecule has 2 rings (SSSR count). The molecule has 21 heavy (non-hydrogen) atoms. The first-order chi connectivity index (χ1) is 9.73. The third kappa shape index (κ3) is 3.88. The van der Waals surface area contributed by atoms with E-state index >= 15 is 0 Å². The van der Waals surface area contributed by atoms with Crippen molar-refractivity contribution in [2.24, 2.45) is 5.41 Å². The van der Waals surface area contributed by atoms with E-state index in [1.165, 1.54) is 12.8 Å². The molecule has 0 aliphatic heterocycles. The minimum atomic E-state index is -0.193. The van der Waals surface area contributed by atoms with Gasteiger partial charge in [0.25, 0.3) is 5.91 Å². The fraction of sp³-hybridized carbons (Fsp3) is 0.706. The van der Waals surface area contributed by atoms with Crippen LogP contribution in [0.15, 0.2) is 6.07 Å². The molecular weight excluding hydrogens is 264 g/mol. The van der Waals surface area contributed by atoms with Gasteiger partial charge in [0.15, 0.2) is 0 Å². The number of aliphatic hydroxyl groups is 1. The van der Waals surface area contributed by atoms with Gasteiger partial charge in [0.05, 0.1) is 18.2 Å². The van der Waals surface area contributed by atoms with E-state index in [1.807, 2.05) is 13.0 Å². The maximum Gasteiger partial charge on any atom is 0.253 e. The highest BCUT2D eigenvalue weighted by Gasteiger charge is 2.29. The summed E-state index contributed by atoms with van der Waals surface area (Å²) in [5.74, 6) is -0.0710. The van der Waals surface area contributed by atoms with Crippen LogP contribution in [0.5, 0.6) is 0 Å². The molecule has 118 valence electrons. The Kier molecular flexibility index (Phi) is 4.47. The number of hydrogen-bond donors (Lipinski definition) is 2. The van der Waals surface area contributed by atoms with E-state index in [2.05, 4.69) is 37.6 Å². The van der Waals surface area contributed by atoms with Crippen LogP contribution in [0.4, 0.5) is 0 Å². The van der Waals surface area contributed by atoms with Crippen LogP contribution in [0.25, 0.3) is 0 Å². The molecule has 4 nitrogen and oxygen atoms in total. The van der Waals surface area contributed by atoms with Crippen LogP contribution in [-0.4, -0.2) is 28.2 Å². The zero-order chi connectivity index (χ0) is 15.8. The van der Waals surface area contributed by atoms with Gasteiger partial charge in [-0.2, -0.15) is 0 Å². The zero-order valence-electron chi connectivity index (χ0n) is 13.9. The number of carbonyl (C=O) groups excluding carboxylic acids is 1. The average Bonchev–Trinajstić information content (AvgIpc) is 3.13. The van der Waals surface area contributed by atoms with E-state index in [-0.39, 0.29) is 24.0 Å². The molecule has 1 fully saturated rings. The average molecular weight is 292 g/mol. The normalized spacial score (nSPS) is 16.9. The second kappa shape index (κ2) is 5.84. The van der Waals surface area contributed by atoms with Crippen LogP contribution < -0.4 is 5.32 Å². The molecule has 1 atom stereocenters. The summed E-state index contributed by atoms with van der Waals surface area (Å²) in [6, 6.07) is 2.35. The Hall–Kier alpha value is -1.29. The van der Waals surface area contributed by atoms with Gasteiger partial charge in [-0.05, 0) is 44.6 Å². The van der Waals surface area contributed by atoms with Crippen molar-refractivity contribution in [2.75, 3.05) is 6.61 Å². The highest BCUT2D eigenvalue weighted by molar-refractivity contribution is 5.96. The van der Waals surface area contributed by atoms with Crippen molar-refractivity contribution in [1.29, 1.82) is 0 Å². The van der Waals surface area contributed by atoms with E-state index in [0.717, 1.165) is 23.4 Å². The summed E-state index contributed by atoms with van der Waals surface area (Å²) in [5, 5.41) is 12.5. The standard InChI is InChI=1S/C17H28N2O2/c1-11-8-15(12(2)19(11)14-6-7-14)16(21)18-13(10-20)9-17(3,4)5/h8,13-14,20H,6-7,9-10H2,1-5H3,(H,18,21). The topological polar surface area (TPSA) is 54.3 Å². The van der Waals surface area contributed by atoms with Gasteiger partial charge in [0.2, 0.25) is 0 Å². The van der Waals surface area contributed by atoms with Crippen LogP contribution in [-0.2, 0) is 0 Å². The molecule has 4 heteroatoms. The van der Waals surface area contributed by atoms with Crippen LogP contribution >= 0.6 is 0 Å². The Balaban J connectivity index is 2.11. The fourth-order valence-electron chi connectivity index (χ4n) is 3.07. The number of rotatable bonds is 5. The summed E-state index contributed by atoms with van der Waals surface area (Å²) in [6.07, 6.45) is 3.18. The van der Waals surface area contributed by atoms with E-state index < -0.39 is 0 Å². The Morgan fingerprint density at radius 2 is 2.05 bits per heavy atom. The number of hydrogen-bond acceptors (Lipinski definition) is 2. The van der Waals surface area contributed by atoms with Crippen molar-refractivity contribution in [3.8, 4) is 0 Å². The summed E-state index contributed by atoms with van der Waals surface area (Å²) < 4.78 is 2.27. The molecular formula is C17H28N2O2. The number of carbonyl (C=O) groups is 1. The lowest BCUT2D eigenvalue weighted by molar-refractivity contribution is 0.0897. The van der Waals surface area contributed by atoms with Crippen LogP contribution in [0.2, 0.25) is 0 Å². The number of amides is 1. The van der Waals surface area contributed by atoms with E-state index in [0.29, 0.717) is 6.04 Å². The molecule has 0 saturated heterocycles. The second-order valence-corrected chi connectivity index (χ2v) is 7.50. The van der Waals surface area contributed by atoms with Gasteiger partial charge in [-0.3, -0.25) is 4.79 Å². The number of aromatic nitrogens is 1. The molecule has 1 aromatic heterocycles. The predicted molar refractivity (Wildman–Crippen MR) is 84.6 cm³/mol. The molecule has 1 aliphatic rings. The van der Waals surface area contributed by atoms with E-state index in [9.17, 15) is 9.90 Å². The third-order valence-electron chi connectivity index (χ3n) is 4.06. The molecule has 1 saturated carbocycles. The first-order valence-electron chi connectivity index (χ1n) is 7.83. The number of nitrogens with zero attached hydrogens (tertiary/aromatic N) is 1. The quantitative estimate of drug-likeness (QED) is 0.876. The summed E-state index contributed by atoms with van der Waals surface area (Å²) >= 11 is 0. The summed E-state index contributed by atoms with van der Waals surface area (Å²) in [7, 11) is 0. The predicted octanol–water partition coefficient (Wildman–Crippen LogP) is 2.97. The second-order valence-electron chi connectivity index (χ2n) is 7.50. The molecule has 0 bridgehead atoms. The van der Waals surface area contributed by atoms with Crippen molar-refractivity contribution in [3.05, 3.63) is 23.0 Å². The monoisotopic (exact) mass is 292 g/mol. The number of nitrogens with one attached hydrogen (secondary N) is 1. The van der Waals surface area contributed by atoms with Crippen LogP contribution in [0.3, 0.4) is 0 Å². The molecule has 1 heterocycles. The van der Waals surface area contributed by atoms with Crippen molar-refractivity contribution in [3.63, 3.8) is 0 Å². The molecule has 1 aliphatic carbocycles. The maximum atomic E-state index is 12.5. The summed E-state index contributed by atoms with van der Waals surface area (Å²) in [4.78, 5) is 12.5. The largest absolute Gasteiger partial charge is 0.394 e. The third-order valence-corrected chi connectivity index (χ3v) is 4.06. The minimum Gasteiger partial charge on any atom is -0.394 e. The fourth-order valence-corrected chi connectivity index (χ4v) is 3.07. The SMILES string of the molecule is Cc1cc(C(=O)NC(CO)CC(C)(C)C)c(C)n1C1CC1. The first kappa shape index (κ1) is 16.1. The lowest BCUT2D eigenvalue weighted by Gasteiger charge is -2.25. The van der Waals surface area contributed by atoms with Gasteiger partial charge in [0.1, 0.15) is 0 Å². The van der Waals surface area contributed by atoms with Gasteiger partial charge >= 0.3 is 0 Å². The highest BCUT2D eigenvalue weighted by Crippen LogP contribution is 2.38. The van der Waals surface area contributed by atoms with Crippen molar-refractivity contribution in [2.45, 2.75) is 66.0 Å². The molecule has 1 aromatic rings. The Morgan fingerprint density at radius 1 is 1.43 bits per heavy atom. The first-order valence-corrected chi connectivity index (χ1v) is 7.83. The summed E-state index contributed by atoms with van der Waals surface area (Å²) in [6.45, 7) is 10.4. The van der Waals surface area contributed by atoms with Gasteiger partial charge in [-0.15, -0.1) is 0 Å². The lowest BCUT2D eigenvalue weighted by Crippen LogP contribution is -2.40. The zero-order valence-corrected chi connectivity index (χ0v) is 13.9. The highest BCUT2D eigenvalue weighted by atomic mass is 16.3. The Bertz CT molecular complexity index is 522. The number of aliphatic hydroxyl groups excluding tert-OH is 1. The smallest absolute Gasteiger partial charge is 0.253 e. The van der Waals surface area contributed by atoms with Crippen molar-refractivity contribution < 1.29 is 9.90 Å². The molecule has 1 unspecified atom stereocenters. The van der Waals surface area contributed by atoms with Gasteiger partial charge in [-0.1, -0.05) is 20.8 Å². The van der Waals surface area contributed by atoms with Gasteiger partial charge in [-0.25, -0.2) is 0 Å². The van der Waals surface area contributed by atoms with Gasteiger partial charge in [0, 0.05) is 17.4 Å². The van der Waals surface area contributed by atoms with E-state index in [1.54, 1.807) is 0 Å². The molecule has 0 aromatic carbocycles. The minimum absolute atomic E-state index is 0.0234. The molecule has 2 N–H and O–H groups in total. The lowest BCUT2D eigenvalue weighted by atomic mass is 9.88. The van der Waals surface area contributed by atoms with Crippen LogP contribution in [0, 0.1) is 19.3 Å². The maximum absolute atomic E-state index is 12.5. The Labute approximate surface area is 127 Å². The van der Waals surface area contributed by atoms with E-state index in [4.69, 9.17) is 0 Å². The molecule has 0 radical (unpaired) electrons. The Morgan fingerprint density at radius 3 is 2.52 bits per heavy atom. The van der Waals surface area contributed by atoms with Crippen molar-refractivity contribution >= 4 is 5.91 Å². The molecule has 0 spiro atoms. The molecule has 1 amide bonds. The van der Waals surface area contributed by atoms with Crippen LogP contribution in [0.1, 0.15) is 67.8 Å². The summed E-state index contributed by atoms with van der Waals surface area (Å²) in [5.41, 5.74) is 3.01. The van der Waals surface area contributed by atoms with Crippen molar-refractivity contribution in [1.82, 2.24) is 9.88 Å².